The van der Waals surface area contributed by atoms with Gasteiger partial charge < -0.3 is 4.57 Å². The van der Waals surface area contributed by atoms with Gasteiger partial charge in [0.1, 0.15) is 17.0 Å². The minimum Gasteiger partial charge on any atom is -0.317 e. The monoisotopic (exact) mass is 320 g/mol. The smallest absolute Gasteiger partial charge is 0.244 e. The predicted octanol–water partition coefficient (Wildman–Crippen LogP) is 1.19. The summed E-state index contributed by atoms with van der Waals surface area (Å²) in [5.74, 6) is -4.75. The number of aryl methyl sites for hydroxylation is 1. The molecular formula is C11H11F3N4O2S. The average molecular weight is 320 g/mol. The molecule has 10 heteroatoms. The van der Waals surface area contributed by atoms with Crippen LogP contribution in [-0.2, 0) is 23.1 Å². The van der Waals surface area contributed by atoms with Crippen molar-refractivity contribution in [2.24, 2.45) is 0 Å². The summed E-state index contributed by atoms with van der Waals surface area (Å²) in [6, 6.07) is 1.20. The van der Waals surface area contributed by atoms with E-state index in [9.17, 15) is 21.6 Å². The quantitative estimate of drug-likeness (QED) is 0.840. The van der Waals surface area contributed by atoms with Gasteiger partial charge in [-0.2, -0.15) is 0 Å². The van der Waals surface area contributed by atoms with E-state index in [1.807, 2.05) is 0 Å². The Morgan fingerprint density at radius 1 is 1.24 bits per heavy atom. The third-order valence-corrected chi connectivity index (χ3v) is 4.16. The number of benzene rings is 1. The molecule has 6 nitrogen and oxygen atoms in total. The SMILES string of the molecule is CCn1cnnc1CNS(=O)(=O)c1ccc(F)c(F)c1F. The number of sulfonamides is 1. The molecule has 0 fully saturated rings. The average Bonchev–Trinajstić information content (AvgIpc) is 2.90. The number of nitrogens with one attached hydrogen (secondary N) is 1. The topological polar surface area (TPSA) is 76.9 Å². The van der Waals surface area contributed by atoms with Crippen molar-refractivity contribution in [3.05, 3.63) is 41.7 Å². The van der Waals surface area contributed by atoms with Crippen LogP contribution in [0.15, 0.2) is 23.4 Å². The Morgan fingerprint density at radius 2 is 1.95 bits per heavy atom. The Labute approximate surface area is 118 Å². The molecule has 0 unspecified atom stereocenters. The second kappa shape index (κ2) is 5.82. The van der Waals surface area contributed by atoms with Crippen molar-refractivity contribution in [3.63, 3.8) is 0 Å². The van der Waals surface area contributed by atoms with Crippen LogP contribution in [0, 0.1) is 17.5 Å². The zero-order chi connectivity index (χ0) is 15.6. The zero-order valence-corrected chi connectivity index (χ0v) is 11.7. The van der Waals surface area contributed by atoms with Gasteiger partial charge in [0.15, 0.2) is 17.5 Å². The highest BCUT2D eigenvalue weighted by Gasteiger charge is 2.24. The number of aromatic nitrogens is 3. The molecule has 0 saturated carbocycles. The number of hydrogen-bond acceptors (Lipinski definition) is 4. The molecule has 1 heterocycles. The number of hydrogen-bond donors (Lipinski definition) is 1. The van der Waals surface area contributed by atoms with Crippen LogP contribution in [0.25, 0.3) is 0 Å². The van der Waals surface area contributed by atoms with Gasteiger partial charge in [-0.25, -0.2) is 26.3 Å². The summed E-state index contributed by atoms with van der Waals surface area (Å²) in [6.45, 7) is 2.06. The highest BCUT2D eigenvalue weighted by atomic mass is 32.2. The van der Waals surface area contributed by atoms with Gasteiger partial charge in [-0.15, -0.1) is 10.2 Å². The minimum absolute atomic E-state index is 0.255. The first-order valence-corrected chi connectivity index (χ1v) is 7.35. The highest BCUT2D eigenvalue weighted by Crippen LogP contribution is 2.19. The maximum absolute atomic E-state index is 13.5. The molecule has 1 aromatic carbocycles. The van der Waals surface area contributed by atoms with E-state index < -0.39 is 32.4 Å². The van der Waals surface area contributed by atoms with Crippen molar-refractivity contribution < 1.29 is 21.6 Å². The molecule has 0 radical (unpaired) electrons. The van der Waals surface area contributed by atoms with Crippen LogP contribution in [0.1, 0.15) is 12.7 Å². The Hall–Kier alpha value is -1.94. The summed E-state index contributed by atoms with van der Waals surface area (Å²) in [6.07, 6.45) is 1.40. The lowest BCUT2D eigenvalue weighted by Crippen LogP contribution is -2.26. The van der Waals surface area contributed by atoms with E-state index in [1.54, 1.807) is 11.5 Å². The zero-order valence-electron chi connectivity index (χ0n) is 10.8. The van der Waals surface area contributed by atoms with E-state index in [4.69, 9.17) is 0 Å². The molecule has 0 spiro atoms. The molecule has 0 aliphatic heterocycles. The molecule has 21 heavy (non-hydrogen) atoms. The van der Waals surface area contributed by atoms with Crippen LogP contribution < -0.4 is 4.72 Å². The van der Waals surface area contributed by atoms with Crippen LogP contribution in [0.5, 0.6) is 0 Å². The van der Waals surface area contributed by atoms with E-state index in [0.717, 1.165) is 0 Å². The van der Waals surface area contributed by atoms with E-state index >= 15 is 0 Å². The minimum atomic E-state index is -4.34. The summed E-state index contributed by atoms with van der Waals surface area (Å²) >= 11 is 0. The first-order valence-electron chi connectivity index (χ1n) is 5.86. The lowest BCUT2D eigenvalue weighted by atomic mass is 10.3. The maximum Gasteiger partial charge on any atom is 0.244 e. The van der Waals surface area contributed by atoms with Crippen LogP contribution in [-0.4, -0.2) is 23.2 Å². The van der Waals surface area contributed by atoms with Crippen LogP contribution in [0.4, 0.5) is 13.2 Å². The van der Waals surface area contributed by atoms with Crippen molar-refractivity contribution in [2.75, 3.05) is 0 Å². The van der Waals surface area contributed by atoms with Gasteiger partial charge in [-0.1, -0.05) is 0 Å². The summed E-state index contributed by atoms with van der Waals surface area (Å²) < 4.78 is 66.9. The van der Waals surface area contributed by atoms with E-state index in [1.165, 1.54) is 6.33 Å². The van der Waals surface area contributed by atoms with Crippen LogP contribution in [0.2, 0.25) is 0 Å². The van der Waals surface area contributed by atoms with Gasteiger partial charge in [0.25, 0.3) is 0 Å². The maximum atomic E-state index is 13.5. The van der Waals surface area contributed by atoms with Gasteiger partial charge in [0, 0.05) is 6.54 Å². The van der Waals surface area contributed by atoms with Crippen molar-refractivity contribution >= 4 is 10.0 Å². The second-order valence-corrected chi connectivity index (χ2v) is 5.77. The Morgan fingerprint density at radius 3 is 2.62 bits per heavy atom. The van der Waals surface area contributed by atoms with Crippen LogP contribution >= 0.6 is 0 Å². The van der Waals surface area contributed by atoms with Crippen molar-refractivity contribution in [3.8, 4) is 0 Å². The Balaban J connectivity index is 2.25. The fourth-order valence-electron chi connectivity index (χ4n) is 1.63. The molecule has 0 aliphatic carbocycles. The fourth-order valence-corrected chi connectivity index (χ4v) is 2.68. The molecular weight excluding hydrogens is 309 g/mol. The Kier molecular flexibility index (Phi) is 4.28. The third kappa shape index (κ3) is 3.05. The number of halogens is 3. The summed E-state index contributed by atoms with van der Waals surface area (Å²) in [4.78, 5) is -0.969. The molecule has 1 aromatic heterocycles. The van der Waals surface area contributed by atoms with Gasteiger partial charge in [0.05, 0.1) is 6.54 Å². The van der Waals surface area contributed by atoms with E-state index in [-0.39, 0.29) is 6.54 Å². The van der Waals surface area contributed by atoms with Crippen molar-refractivity contribution in [2.45, 2.75) is 24.9 Å². The molecule has 114 valence electrons. The molecule has 0 atom stereocenters. The van der Waals surface area contributed by atoms with Crippen molar-refractivity contribution in [1.29, 1.82) is 0 Å². The molecule has 0 amide bonds. The fraction of sp³-hybridized carbons (Fsp3) is 0.273. The highest BCUT2D eigenvalue weighted by molar-refractivity contribution is 7.89. The standard InChI is InChI=1S/C11H11F3N4O2S/c1-2-18-6-15-17-9(18)5-16-21(19,20)8-4-3-7(12)10(13)11(8)14/h3-4,6,16H,2,5H2,1H3. The first-order chi connectivity index (χ1) is 9.86. The van der Waals surface area contributed by atoms with Gasteiger partial charge in [-0.3, -0.25) is 0 Å². The van der Waals surface area contributed by atoms with E-state index in [2.05, 4.69) is 14.9 Å². The second-order valence-electron chi connectivity index (χ2n) is 4.03. The molecule has 1 N–H and O–H groups in total. The predicted molar refractivity (Wildman–Crippen MR) is 66.0 cm³/mol. The molecule has 0 saturated heterocycles. The third-order valence-electron chi connectivity index (χ3n) is 2.75. The van der Waals surface area contributed by atoms with E-state index in [0.29, 0.717) is 24.5 Å². The molecule has 0 bridgehead atoms. The Bertz CT molecular complexity index is 761. The molecule has 2 aromatic rings. The number of nitrogens with zero attached hydrogens (tertiary/aromatic N) is 3. The summed E-state index contributed by atoms with van der Waals surface area (Å²) in [7, 11) is -4.34. The molecule has 2 rings (SSSR count). The summed E-state index contributed by atoms with van der Waals surface area (Å²) in [5.41, 5.74) is 0. The lowest BCUT2D eigenvalue weighted by Gasteiger charge is -2.08. The molecule has 0 aliphatic rings. The van der Waals surface area contributed by atoms with Gasteiger partial charge in [0.2, 0.25) is 10.0 Å². The van der Waals surface area contributed by atoms with Gasteiger partial charge >= 0.3 is 0 Å². The van der Waals surface area contributed by atoms with Gasteiger partial charge in [-0.05, 0) is 19.1 Å². The first kappa shape index (κ1) is 15.4. The van der Waals surface area contributed by atoms with Crippen molar-refractivity contribution in [1.82, 2.24) is 19.5 Å². The largest absolute Gasteiger partial charge is 0.317 e. The number of rotatable bonds is 5. The van der Waals surface area contributed by atoms with Crippen LogP contribution in [0.3, 0.4) is 0 Å². The lowest BCUT2D eigenvalue weighted by molar-refractivity contribution is 0.431. The normalized spacial score (nSPS) is 11.8. The summed E-state index contributed by atoms with van der Waals surface area (Å²) in [5, 5.41) is 7.30.